The summed E-state index contributed by atoms with van der Waals surface area (Å²) in [6.07, 6.45) is 1.71. The zero-order valence-electron chi connectivity index (χ0n) is 10.9. The Labute approximate surface area is 118 Å². The number of para-hydroxylation sites is 1. The lowest BCUT2D eigenvalue weighted by Gasteiger charge is -2.24. The van der Waals surface area contributed by atoms with Crippen LogP contribution in [0, 0.1) is 0 Å². The number of fused-ring (bicyclic) bond motifs is 1. The van der Waals surface area contributed by atoms with Crippen molar-refractivity contribution in [1.82, 2.24) is 14.9 Å². The summed E-state index contributed by atoms with van der Waals surface area (Å²) in [7, 11) is 1.95. The Bertz CT molecular complexity index is 579. The van der Waals surface area contributed by atoms with Crippen molar-refractivity contribution < 1.29 is 0 Å². The minimum atomic E-state index is 0.677. The van der Waals surface area contributed by atoms with Gasteiger partial charge in [-0.2, -0.15) is 0 Å². The SMILES string of the molecule is Cn1c(Cl)cnc1CN1CCNCc2ccccc21. The van der Waals surface area contributed by atoms with Gasteiger partial charge in [0.15, 0.2) is 0 Å². The van der Waals surface area contributed by atoms with E-state index in [9.17, 15) is 0 Å². The maximum Gasteiger partial charge on any atom is 0.129 e. The second-order valence-corrected chi connectivity index (χ2v) is 5.17. The largest absolute Gasteiger partial charge is 0.363 e. The van der Waals surface area contributed by atoms with Crippen LogP contribution < -0.4 is 10.2 Å². The summed E-state index contributed by atoms with van der Waals surface area (Å²) in [4.78, 5) is 6.74. The first kappa shape index (κ1) is 12.5. The first-order chi connectivity index (χ1) is 9.25. The quantitative estimate of drug-likeness (QED) is 0.913. The number of anilines is 1. The van der Waals surface area contributed by atoms with Crippen LogP contribution in [0.1, 0.15) is 11.4 Å². The van der Waals surface area contributed by atoms with Crippen LogP contribution in [0.5, 0.6) is 0 Å². The fourth-order valence-corrected chi connectivity index (χ4v) is 2.58. The lowest BCUT2D eigenvalue weighted by molar-refractivity contribution is 0.669. The van der Waals surface area contributed by atoms with E-state index in [1.165, 1.54) is 11.3 Å². The lowest BCUT2D eigenvalue weighted by atomic mass is 10.1. The van der Waals surface area contributed by atoms with Crippen molar-refractivity contribution in [3.05, 3.63) is 47.0 Å². The third-order valence-corrected chi connectivity index (χ3v) is 3.92. The van der Waals surface area contributed by atoms with Crippen molar-refractivity contribution >= 4 is 17.3 Å². The summed E-state index contributed by atoms with van der Waals surface area (Å²) in [5.41, 5.74) is 2.62. The number of nitrogens with one attached hydrogen (secondary N) is 1. The molecule has 5 heteroatoms. The molecule has 0 fully saturated rings. The molecule has 1 aliphatic rings. The van der Waals surface area contributed by atoms with Crippen LogP contribution >= 0.6 is 11.6 Å². The van der Waals surface area contributed by atoms with E-state index in [1.54, 1.807) is 6.20 Å². The summed E-state index contributed by atoms with van der Waals surface area (Å²) in [5.74, 6) is 0.988. The highest BCUT2D eigenvalue weighted by atomic mass is 35.5. The van der Waals surface area contributed by atoms with Gasteiger partial charge in [0.2, 0.25) is 0 Å². The van der Waals surface area contributed by atoms with Gasteiger partial charge in [-0.15, -0.1) is 0 Å². The van der Waals surface area contributed by atoms with E-state index in [-0.39, 0.29) is 0 Å². The fourth-order valence-electron chi connectivity index (χ4n) is 2.43. The van der Waals surface area contributed by atoms with E-state index in [2.05, 4.69) is 39.5 Å². The van der Waals surface area contributed by atoms with Crippen LogP contribution in [-0.4, -0.2) is 22.6 Å². The number of nitrogens with zero attached hydrogens (tertiary/aromatic N) is 3. The molecule has 0 atom stereocenters. The number of hydrogen-bond acceptors (Lipinski definition) is 3. The second kappa shape index (κ2) is 5.23. The van der Waals surface area contributed by atoms with E-state index in [0.29, 0.717) is 5.15 Å². The molecule has 1 N–H and O–H groups in total. The number of hydrogen-bond donors (Lipinski definition) is 1. The number of rotatable bonds is 2. The molecule has 19 heavy (non-hydrogen) atoms. The smallest absolute Gasteiger partial charge is 0.129 e. The maximum absolute atomic E-state index is 6.05. The van der Waals surface area contributed by atoms with Gasteiger partial charge < -0.3 is 14.8 Å². The highest BCUT2D eigenvalue weighted by molar-refractivity contribution is 6.29. The molecule has 0 amide bonds. The normalized spacial score (nSPS) is 15.2. The lowest BCUT2D eigenvalue weighted by Crippen LogP contribution is -2.29. The number of benzene rings is 1. The van der Waals surface area contributed by atoms with Crippen LogP contribution in [0.15, 0.2) is 30.5 Å². The summed E-state index contributed by atoms with van der Waals surface area (Å²) in [6, 6.07) is 8.52. The molecule has 1 aromatic heterocycles. The predicted octanol–water partition coefficient (Wildman–Crippen LogP) is 2.18. The molecule has 2 heterocycles. The Balaban J connectivity index is 1.90. The Morgan fingerprint density at radius 1 is 1.37 bits per heavy atom. The highest BCUT2D eigenvalue weighted by Crippen LogP contribution is 2.24. The zero-order valence-corrected chi connectivity index (χ0v) is 11.7. The van der Waals surface area contributed by atoms with Crippen molar-refractivity contribution in [3.63, 3.8) is 0 Å². The maximum atomic E-state index is 6.05. The minimum Gasteiger partial charge on any atom is -0.363 e. The number of aromatic nitrogens is 2. The van der Waals surface area contributed by atoms with Gasteiger partial charge in [0.25, 0.3) is 0 Å². The average Bonchev–Trinajstić information content (AvgIpc) is 2.65. The van der Waals surface area contributed by atoms with E-state index in [4.69, 9.17) is 11.6 Å². The molecule has 0 saturated carbocycles. The standard InChI is InChI=1S/C14H17ClN4/c1-18-13(15)9-17-14(18)10-19-7-6-16-8-11-4-2-3-5-12(11)19/h2-5,9,16H,6-8,10H2,1H3. The average molecular weight is 277 g/mol. The van der Waals surface area contributed by atoms with Crippen LogP contribution in [-0.2, 0) is 20.1 Å². The molecular formula is C14H17ClN4. The van der Waals surface area contributed by atoms with E-state index >= 15 is 0 Å². The van der Waals surface area contributed by atoms with E-state index in [1.807, 2.05) is 11.6 Å². The third kappa shape index (κ3) is 2.46. The fraction of sp³-hybridized carbons (Fsp3) is 0.357. The molecule has 1 aliphatic heterocycles. The Hall–Kier alpha value is -1.52. The van der Waals surface area contributed by atoms with E-state index < -0.39 is 0 Å². The van der Waals surface area contributed by atoms with Crippen LogP contribution in [0.3, 0.4) is 0 Å². The van der Waals surface area contributed by atoms with Crippen molar-refractivity contribution in [2.45, 2.75) is 13.1 Å². The van der Waals surface area contributed by atoms with Crippen LogP contribution in [0.2, 0.25) is 5.15 Å². The minimum absolute atomic E-state index is 0.677. The Morgan fingerprint density at radius 3 is 3.00 bits per heavy atom. The van der Waals surface area contributed by atoms with Crippen molar-refractivity contribution in [2.24, 2.45) is 7.05 Å². The summed E-state index contributed by atoms with van der Waals surface area (Å²) < 4.78 is 1.93. The molecular weight excluding hydrogens is 260 g/mol. The highest BCUT2D eigenvalue weighted by Gasteiger charge is 2.16. The summed E-state index contributed by atoms with van der Waals surface area (Å²) in [5, 5.41) is 4.12. The van der Waals surface area contributed by atoms with Crippen LogP contribution in [0.25, 0.3) is 0 Å². The molecule has 0 unspecified atom stereocenters. The number of imidazole rings is 1. The second-order valence-electron chi connectivity index (χ2n) is 4.78. The van der Waals surface area contributed by atoms with Gasteiger partial charge in [-0.05, 0) is 11.6 Å². The van der Waals surface area contributed by atoms with Gasteiger partial charge in [0.1, 0.15) is 11.0 Å². The molecule has 2 aromatic rings. The van der Waals surface area contributed by atoms with Gasteiger partial charge in [0.05, 0.1) is 12.7 Å². The summed E-state index contributed by atoms with van der Waals surface area (Å²) in [6.45, 7) is 3.66. The van der Waals surface area contributed by atoms with Gasteiger partial charge >= 0.3 is 0 Å². The molecule has 1 aromatic carbocycles. The summed E-state index contributed by atoms with van der Waals surface area (Å²) >= 11 is 6.05. The molecule has 0 radical (unpaired) electrons. The molecule has 0 aliphatic carbocycles. The van der Waals surface area contributed by atoms with Crippen molar-refractivity contribution in [1.29, 1.82) is 0 Å². The zero-order chi connectivity index (χ0) is 13.2. The molecule has 4 nitrogen and oxygen atoms in total. The molecule has 0 bridgehead atoms. The first-order valence-electron chi connectivity index (χ1n) is 6.45. The first-order valence-corrected chi connectivity index (χ1v) is 6.83. The van der Waals surface area contributed by atoms with Crippen LogP contribution in [0.4, 0.5) is 5.69 Å². The van der Waals surface area contributed by atoms with Gasteiger partial charge in [-0.25, -0.2) is 4.98 Å². The molecule has 3 rings (SSSR count). The Morgan fingerprint density at radius 2 is 2.21 bits per heavy atom. The topological polar surface area (TPSA) is 33.1 Å². The van der Waals surface area contributed by atoms with Gasteiger partial charge in [-0.3, -0.25) is 0 Å². The van der Waals surface area contributed by atoms with Gasteiger partial charge in [-0.1, -0.05) is 29.8 Å². The van der Waals surface area contributed by atoms with Crippen molar-refractivity contribution in [3.8, 4) is 0 Å². The van der Waals surface area contributed by atoms with Crippen molar-refractivity contribution in [2.75, 3.05) is 18.0 Å². The molecule has 100 valence electrons. The number of halogens is 1. The molecule has 0 saturated heterocycles. The molecule has 0 spiro atoms. The third-order valence-electron chi connectivity index (χ3n) is 3.57. The van der Waals surface area contributed by atoms with Gasteiger partial charge in [0, 0.05) is 32.4 Å². The predicted molar refractivity (Wildman–Crippen MR) is 77.4 cm³/mol. The van der Waals surface area contributed by atoms with E-state index in [0.717, 1.165) is 32.0 Å². The monoisotopic (exact) mass is 276 g/mol. The Kier molecular flexibility index (Phi) is 3.44.